The third-order valence-electron chi connectivity index (χ3n) is 4.52. The minimum atomic E-state index is 0.290. The summed E-state index contributed by atoms with van der Waals surface area (Å²) in [5.74, 6) is 1.39. The van der Waals surface area contributed by atoms with E-state index in [2.05, 4.69) is 37.5 Å². The summed E-state index contributed by atoms with van der Waals surface area (Å²) in [7, 11) is 0. The smallest absolute Gasteiger partial charge is 0.225 e. The number of hydrogen-bond acceptors (Lipinski definition) is 4. The second-order valence-electron chi connectivity index (χ2n) is 5.45. The average molecular weight is 359 g/mol. The lowest BCUT2D eigenvalue weighted by atomic mass is 9.70. The number of anilines is 1. The van der Waals surface area contributed by atoms with Crippen LogP contribution in [0.1, 0.15) is 32.1 Å². The Morgan fingerprint density at radius 1 is 1.28 bits per heavy atom. The third kappa shape index (κ3) is 2.11. The second-order valence-corrected chi connectivity index (χ2v) is 6.70. The maximum absolute atomic E-state index is 9.23. The molecular weight excluding hydrogens is 341 g/mol. The van der Waals surface area contributed by atoms with E-state index in [9.17, 15) is 5.11 Å². The molecule has 4 nitrogen and oxygen atoms in total. The Morgan fingerprint density at radius 2 is 1.94 bits per heavy atom. The molecule has 3 rings (SSSR count). The fourth-order valence-electron chi connectivity index (χ4n) is 3.21. The van der Waals surface area contributed by atoms with Gasteiger partial charge in [-0.05, 0) is 60.6 Å². The van der Waals surface area contributed by atoms with Crippen LogP contribution in [0, 0.1) is 9.49 Å². The van der Waals surface area contributed by atoms with Crippen LogP contribution < -0.4 is 4.90 Å². The zero-order chi connectivity index (χ0) is 12.6. The maximum Gasteiger partial charge on any atom is 0.225 e. The average Bonchev–Trinajstić information content (AvgIpc) is 2.40. The molecule has 1 aromatic rings. The summed E-state index contributed by atoms with van der Waals surface area (Å²) in [5.41, 5.74) is 0.290. The molecule has 1 aliphatic heterocycles. The zero-order valence-electron chi connectivity index (χ0n) is 10.3. The number of rotatable bonds is 2. The van der Waals surface area contributed by atoms with Gasteiger partial charge in [-0.15, -0.1) is 0 Å². The van der Waals surface area contributed by atoms with E-state index in [1.807, 2.05) is 12.4 Å². The van der Waals surface area contributed by atoms with Gasteiger partial charge in [-0.1, -0.05) is 0 Å². The number of aromatic nitrogens is 2. The van der Waals surface area contributed by atoms with E-state index < -0.39 is 0 Å². The molecule has 2 heterocycles. The van der Waals surface area contributed by atoms with Crippen molar-refractivity contribution in [2.24, 2.45) is 5.92 Å². The molecule has 1 aliphatic carbocycles. The van der Waals surface area contributed by atoms with E-state index in [1.54, 1.807) is 0 Å². The van der Waals surface area contributed by atoms with Crippen molar-refractivity contribution in [3.05, 3.63) is 16.0 Å². The highest BCUT2D eigenvalue weighted by Crippen LogP contribution is 2.45. The molecule has 1 saturated carbocycles. The van der Waals surface area contributed by atoms with E-state index in [0.717, 1.165) is 28.9 Å². The highest BCUT2D eigenvalue weighted by atomic mass is 127. The van der Waals surface area contributed by atoms with Gasteiger partial charge in [-0.25, -0.2) is 9.97 Å². The molecule has 98 valence electrons. The van der Waals surface area contributed by atoms with Crippen molar-refractivity contribution < 1.29 is 5.11 Å². The lowest BCUT2D eigenvalue weighted by molar-refractivity contribution is 0.117. The van der Waals surface area contributed by atoms with Crippen molar-refractivity contribution >= 4 is 28.5 Å². The number of aliphatic hydroxyl groups is 1. The first kappa shape index (κ1) is 12.6. The maximum atomic E-state index is 9.23. The summed E-state index contributed by atoms with van der Waals surface area (Å²) in [6.45, 7) is 1.42. The van der Waals surface area contributed by atoms with E-state index in [-0.39, 0.29) is 0 Å². The fraction of sp³-hybridized carbons (Fsp3) is 0.692. The van der Waals surface area contributed by atoms with E-state index in [1.165, 1.54) is 19.3 Å². The second kappa shape index (κ2) is 4.92. The quantitative estimate of drug-likeness (QED) is 0.823. The SMILES string of the molecule is OCC1CCC2(CC1)CCN2c1ncc(I)cn1. The predicted molar refractivity (Wildman–Crippen MR) is 78.5 cm³/mol. The molecule has 0 bridgehead atoms. The van der Waals surface area contributed by atoms with Gasteiger partial charge in [0.05, 0.1) is 0 Å². The molecule has 0 aromatic carbocycles. The Hall–Kier alpha value is -0.430. The van der Waals surface area contributed by atoms with Crippen LogP contribution in [0.4, 0.5) is 5.95 Å². The number of aliphatic hydroxyl groups excluding tert-OH is 1. The van der Waals surface area contributed by atoms with Crippen LogP contribution in [-0.4, -0.2) is 33.8 Å². The molecule has 1 saturated heterocycles. The van der Waals surface area contributed by atoms with Gasteiger partial charge >= 0.3 is 0 Å². The first-order chi connectivity index (χ1) is 8.73. The lowest BCUT2D eigenvalue weighted by Gasteiger charge is -2.56. The van der Waals surface area contributed by atoms with Gasteiger partial charge in [0, 0.05) is 34.7 Å². The molecule has 0 atom stereocenters. The number of halogens is 1. The third-order valence-corrected chi connectivity index (χ3v) is 5.07. The predicted octanol–water partition coefficient (Wildman–Crippen LogP) is 2.21. The standard InChI is InChI=1S/C13H18IN3O/c14-11-7-15-12(16-8-11)17-6-5-13(17)3-1-10(9-18)2-4-13/h7-8,10,18H,1-6,9H2. The number of nitrogens with zero attached hydrogens (tertiary/aromatic N) is 3. The lowest BCUT2D eigenvalue weighted by Crippen LogP contribution is -2.62. The van der Waals surface area contributed by atoms with Gasteiger partial charge in [0.25, 0.3) is 0 Å². The molecule has 0 unspecified atom stereocenters. The number of hydrogen-bond donors (Lipinski definition) is 1. The van der Waals surface area contributed by atoms with Crippen LogP contribution in [0.3, 0.4) is 0 Å². The molecule has 1 aromatic heterocycles. The highest BCUT2D eigenvalue weighted by molar-refractivity contribution is 14.1. The molecule has 18 heavy (non-hydrogen) atoms. The van der Waals surface area contributed by atoms with Crippen LogP contribution in [0.25, 0.3) is 0 Å². The molecule has 1 spiro atoms. The largest absolute Gasteiger partial charge is 0.396 e. The summed E-state index contributed by atoms with van der Waals surface area (Å²) in [5, 5.41) is 9.23. The Morgan fingerprint density at radius 3 is 2.44 bits per heavy atom. The first-order valence-corrected chi connectivity index (χ1v) is 7.67. The van der Waals surface area contributed by atoms with Gasteiger partial charge in [0.1, 0.15) is 0 Å². The van der Waals surface area contributed by atoms with Crippen LogP contribution in [0.5, 0.6) is 0 Å². The molecule has 2 fully saturated rings. The molecule has 0 amide bonds. The summed E-state index contributed by atoms with van der Waals surface area (Å²) < 4.78 is 1.08. The van der Waals surface area contributed by atoms with Gasteiger partial charge < -0.3 is 10.0 Å². The van der Waals surface area contributed by atoms with Crippen molar-refractivity contribution in [3.8, 4) is 0 Å². The first-order valence-electron chi connectivity index (χ1n) is 6.60. The normalized spacial score (nSPS) is 31.4. The van der Waals surface area contributed by atoms with Crippen LogP contribution in [0.2, 0.25) is 0 Å². The Balaban J connectivity index is 1.73. The van der Waals surface area contributed by atoms with Crippen molar-refractivity contribution in [1.82, 2.24) is 9.97 Å². The van der Waals surface area contributed by atoms with Gasteiger partial charge in [-0.3, -0.25) is 0 Å². The van der Waals surface area contributed by atoms with Gasteiger partial charge in [0.2, 0.25) is 5.95 Å². The van der Waals surface area contributed by atoms with Crippen molar-refractivity contribution in [2.45, 2.75) is 37.6 Å². The van der Waals surface area contributed by atoms with Gasteiger partial charge in [0.15, 0.2) is 0 Å². The summed E-state index contributed by atoms with van der Waals surface area (Å²) in [6, 6.07) is 0. The van der Waals surface area contributed by atoms with Crippen LogP contribution in [-0.2, 0) is 0 Å². The van der Waals surface area contributed by atoms with Crippen LogP contribution >= 0.6 is 22.6 Å². The topological polar surface area (TPSA) is 49.2 Å². The minimum Gasteiger partial charge on any atom is -0.396 e. The monoisotopic (exact) mass is 359 g/mol. The van der Waals surface area contributed by atoms with Crippen molar-refractivity contribution in [3.63, 3.8) is 0 Å². The molecular formula is C13H18IN3O. The Kier molecular flexibility index (Phi) is 3.44. The molecule has 2 aliphatic rings. The molecule has 0 radical (unpaired) electrons. The van der Waals surface area contributed by atoms with Gasteiger partial charge in [-0.2, -0.15) is 0 Å². The van der Waals surface area contributed by atoms with Crippen LogP contribution in [0.15, 0.2) is 12.4 Å². The molecule has 1 N–H and O–H groups in total. The van der Waals surface area contributed by atoms with E-state index in [0.29, 0.717) is 18.1 Å². The van der Waals surface area contributed by atoms with E-state index >= 15 is 0 Å². The summed E-state index contributed by atoms with van der Waals surface area (Å²) >= 11 is 2.23. The van der Waals surface area contributed by atoms with E-state index in [4.69, 9.17) is 0 Å². The fourth-order valence-corrected chi connectivity index (χ4v) is 3.49. The summed E-state index contributed by atoms with van der Waals surface area (Å²) in [6.07, 6.45) is 9.64. The highest BCUT2D eigenvalue weighted by Gasteiger charge is 2.47. The summed E-state index contributed by atoms with van der Waals surface area (Å²) in [4.78, 5) is 11.3. The van der Waals surface area contributed by atoms with Crippen molar-refractivity contribution in [2.75, 3.05) is 18.1 Å². The molecule has 5 heteroatoms. The zero-order valence-corrected chi connectivity index (χ0v) is 12.5. The minimum absolute atomic E-state index is 0.290. The Bertz CT molecular complexity index is 415. The Labute approximate surface area is 121 Å². The van der Waals surface area contributed by atoms with Crippen molar-refractivity contribution in [1.29, 1.82) is 0 Å².